The van der Waals surface area contributed by atoms with Gasteiger partial charge in [-0.3, -0.25) is 4.79 Å². The Morgan fingerprint density at radius 1 is 1.21 bits per heavy atom. The lowest BCUT2D eigenvalue weighted by atomic mass is 10.1. The van der Waals surface area contributed by atoms with Gasteiger partial charge in [-0.05, 0) is 57.4 Å². The first-order valence-corrected chi connectivity index (χ1v) is 10.4. The SMILES string of the molecule is CN(C)CCCC(F)(F)C=CC(=O)Nc1cc2c(Nc3ccc(F)c(Cl)c3)ncnc2cn1. The van der Waals surface area contributed by atoms with Crippen LogP contribution in [0.3, 0.4) is 0 Å². The van der Waals surface area contributed by atoms with Crippen molar-refractivity contribution in [2.45, 2.75) is 18.8 Å². The molecule has 174 valence electrons. The van der Waals surface area contributed by atoms with E-state index in [4.69, 9.17) is 11.6 Å². The summed E-state index contributed by atoms with van der Waals surface area (Å²) in [4.78, 5) is 26.3. The summed E-state index contributed by atoms with van der Waals surface area (Å²) >= 11 is 5.82. The maximum atomic E-state index is 13.9. The molecule has 0 aliphatic heterocycles. The maximum absolute atomic E-state index is 13.9. The Balaban J connectivity index is 1.73. The molecule has 0 saturated heterocycles. The number of allylic oxidation sites excluding steroid dienone is 1. The van der Waals surface area contributed by atoms with Crippen molar-refractivity contribution in [2.24, 2.45) is 0 Å². The molecule has 3 aromatic rings. The third-order valence-corrected chi connectivity index (χ3v) is 4.84. The van der Waals surface area contributed by atoms with Crippen molar-refractivity contribution in [1.82, 2.24) is 19.9 Å². The van der Waals surface area contributed by atoms with Crippen molar-refractivity contribution < 1.29 is 18.0 Å². The van der Waals surface area contributed by atoms with E-state index in [1.807, 2.05) is 4.90 Å². The molecule has 0 unspecified atom stereocenters. The van der Waals surface area contributed by atoms with E-state index in [1.54, 1.807) is 14.1 Å². The van der Waals surface area contributed by atoms with Gasteiger partial charge in [0.05, 0.1) is 16.7 Å². The first-order chi connectivity index (χ1) is 15.6. The second kappa shape index (κ2) is 10.6. The third-order valence-electron chi connectivity index (χ3n) is 4.55. The number of amides is 1. The lowest BCUT2D eigenvalue weighted by molar-refractivity contribution is -0.112. The number of nitrogens with one attached hydrogen (secondary N) is 2. The predicted molar refractivity (Wildman–Crippen MR) is 123 cm³/mol. The summed E-state index contributed by atoms with van der Waals surface area (Å²) in [5, 5.41) is 5.91. The van der Waals surface area contributed by atoms with Crippen LogP contribution in [-0.4, -0.2) is 52.3 Å². The highest BCUT2D eigenvalue weighted by atomic mass is 35.5. The lowest BCUT2D eigenvalue weighted by Gasteiger charge is -2.14. The summed E-state index contributed by atoms with van der Waals surface area (Å²) in [6.07, 6.45) is 4.05. The van der Waals surface area contributed by atoms with Gasteiger partial charge < -0.3 is 15.5 Å². The van der Waals surface area contributed by atoms with Crippen LogP contribution in [0.1, 0.15) is 12.8 Å². The molecular formula is C22H22ClF3N6O. The fraction of sp³-hybridized carbons (Fsp3) is 0.273. The van der Waals surface area contributed by atoms with Crippen LogP contribution in [0.15, 0.2) is 48.9 Å². The monoisotopic (exact) mass is 478 g/mol. The molecule has 1 aromatic carbocycles. The van der Waals surface area contributed by atoms with Crippen molar-refractivity contribution in [2.75, 3.05) is 31.3 Å². The van der Waals surface area contributed by atoms with Gasteiger partial charge in [0.1, 0.15) is 23.8 Å². The lowest BCUT2D eigenvalue weighted by Crippen LogP contribution is -2.19. The number of anilines is 3. The molecule has 7 nitrogen and oxygen atoms in total. The molecule has 33 heavy (non-hydrogen) atoms. The largest absolute Gasteiger partial charge is 0.340 e. The van der Waals surface area contributed by atoms with Crippen molar-refractivity contribution in [3.05, 3.63) is 59.8 Å². The number of hydrogen-bond acceptors (Lipinski definition) is 6. The number of carbonyl (C=O) groups excluding carboxylic acids is 1. The molecule has 0 bridgehead atoms. The van der Waals surface area contributed by atoms with Crippen LogP contribution in [-0.2, 0) is 4.79 Å². The number of nitrogens with zero attached hydrogens (tertiary/aromatic N) is 4. The summed E-state index contributed by atoms with van der Waals surface area (Å²) in [5.74, 6) is -3.90. The summed E-state index contributed by atoms with van der Waals surface area (Å²) in [6.45, 7) is 0.527. The molecule has 0 aliphatic rings. The van der Waals surface area contributed by atoms with Crippen LogP contribution in [0.5, 0.6) is 0 Å². The maximum Gasteiger partial charge on any atom is 0.267 e. The zero-order chi connectivity index (χ0) is 24.0. The van der Waals surface area contributed by atoms with Crippen LogP contribution in [0, 0.1) is 5.82 Å². The van der Waals surface area contributed by atoms with Crippen molar-refractivity contribution in [3.63, 3.8) is 0 Å². The van der Waals surface area contributed by atoms with Crippen LogP contribution < -0.4 is 10.6 Å². The summed E-state index contributed by atoms with van der Waals surface area (Å²) in [5.41, 5.74) is 0.963. The van der Waals surface area contributed by atoms with E-state index in [0.29, 0.717) is 41.4 Å². The number of aromatic nitrogens is 3. The molecule has 2 heterocycles. The Hall–Kier alpha value is -3.24. The van der Waals surface area contributed by atoms with Gasteiger partial charge in [0, 0.05) is 23.6 Å². The summed E-state index contributed by atoms with van der Waals surface area (Å²) < 4.78 is 41.3. The van der Waals surface area contributed by atoms with Crippen molar-refractivity contribution >= 4 is 45.7 Å². The second-order valence-corrected chi connectivity index (χ2v) is 7.96. The second-order valence-electron chi connectivity index (χ2n) is 7.55. The Labute approximate surface area is 193 Å². The van der Waals surface area contributed by atoms with E-state index in [2.05, 4.69) is 25.6 Å². The minimum Gasteiger partial charge on any atom is -0.340 e. The van der Waals surface area contributed by atoms with Crippen molar-refractivity contribution in [1.29, 1.82) is 0 Å². The molecule has 0 radical (unpaired) electrons. The average molecular weight is 479 g/mol. The molecule has 0 aliphatic carbocycles. The van der Waals surface area contributed by atoms with Crippen molar-refractivity contribution in [3.8, 4) is 0 Å². The number of benzene rings is 1. The van der Waals surface area contributed by atoms with Crippen LogP contribution in [0.2, 0.25) is 5.02 Å². The third kappa shape index (κ3) is 7.13. The van der Waals surface area contributed by atoms with E-state index in [-0.39, 0.29) is 17.3 Å². The van der Waals surface area contributed by atoms with Crippen LogP contribution in [0.4, 0.5) is 30.5 Å². The number of alkyl halides is 2. The van der Waals surface area contributed by atoms with E-state index in [0.717, 1.165) is 6.08 Å². The number of rotatable bonds is 9. The molecule has 1 amide bonds. The number of halogens is 4. The van der Waals surface area contributed by atoms with Gasteiger partial charge in [-0.1, -0.05) is 11.6 Å². The zero-order valence-corrected chi connectivity index (χ0v) is 18.7. The van der Waals surface area contributed by atoms with Gasteiger partial charge >= 0.3 is 0 Å². The highest BCUT2D eigenvalue weighted by Crippen LogP contribution is 2.27. The topological polar surface area (TPSA) is 83.0 Å². The predicted octanol–water partition coefficient (Wildman–Crippen LogP) is 5.03. The fourth-order valence-corrected chi connectivity index (χ4v) is 3.10. The number of carbonyl (C=O) groups is 1. The Kier molecular flexibility index (Phi) is 7.83. The summed E-state index contributed by atoms with van der Waals surface area (Å²) in [6, 6.07) is 5.61. The Bertz CT molecular complexity index is 1170. The molecule has 0 atom stereocenters. The van der Waals surface area contributed by atoms with Gasteiger partial charge in [0.25, 0.3) is 5.92 Å². The number of fused-ring (bicyclic) bond motifs is 1. The Morgan fingerprint density at radius 3 is 2.73 bits per heavy atom. The van der Waals surface area contributed by atoms with Gasteiger partial charge in [-0.15, -0.1) is 0 Å². The number of pyridine rings is 1. The van der Waals surface area contributed by atoms with Gasteiger partial charge in [0.15, 0.2) is 0 Å². The summed E-state index contributed by atoms with van der Waals surface area (Å²) in [7, 11) is 3.61. The molecule has 3 rings (SSSR count). The standard InChI is InChI=1S/C22H22ClF3N6O/c1-32(2)9-3-7-22(25,26)8-6-20(33)31-19-11-15-18(12-27-19)28-13-29-21(15)30-14-4-5-17(24)16(23)10-14/h4-6,8,10-13H,3,7,9H2,1-2H3,(H,27,31,33)(H,28,29,30). The quantitative estimate of drug-likeness (QED) is 0.420. The normalized spacial score (nSPS) is 12.0. The highest BCUT2D eigenvalue weighted by molar-refractivity contribution is 6.31. The van der Waals surface area contributed by atoms with Crippen LogP contribution in [0.25, 0.3) is 10.9 Å². The molecule has 2 aromatic heterocycles. The van der Waals surface area contributed by atoms with E-state index >= 15 is 0 Å². The fourth-order valence-electron chi connectivity index (χ4n) is 2.92. The van der Waals surface area contributed by atoms with Gasteiger partial charge in [-0.2, -0.15) is 0 Å². The minimum atomic E-state index is -3.09. The average Bonchev–Trinajstić information content (AvgIpc) is 2.75. The number of hydrogen-bond donors (Lipinski definition) is 2. The zero-order valence-electron chi connectivity index (χ0n) is 17.9. The molecule has 2 N–H and O–H groups in total. The first kappa shape index (κ1) is 24.4. The van der Waals surface area contributed by atoms with E-state index in [1.165, 1.54) is 36.8 Å². The Morgan fingerprint density at radius 2 is 2.00 bits per heavy atom. The highest BCUT2D eigenvalue weighted by Gasteiger charge is 2.24. The molecule has 0 spiro atoms. The molecule has 0 fully saturated rings. The van der Waals surface area contributed by atoms with Gasteiger partial charge in [-0.25, -0.2) is 28.1 Å². The van der Waals surface area contributed by atoms with Gasteiger partial charge in [0.2, 0.25) is 5.91 Å². The first-order valence-electron chi connectivity index (χ1n) is 9.98. The molecular weight excluding hydrogens is 457 g/mol. The van der Waals surface area contributed by atoms with Crippen LogP contribution >= 0.6 is 11.6 Å². The van der Waals surface area contributed by atoms with E-state index in [9.17, 15) is 18.0 Å². The smallest absolute Gasteiger partial charge is 0.267 e. The minimum absolute atomic E-state index is 0.0571. The van der Waals surface area contributed by atoms with E-state index < -0.39 is 17.6 Å². The molecule has 0 saturated carbocycles. The molecule has 11 heteroatoms.